The van der Waals surface area contributed by atoms with E-state index in [-0.39, 0.29) is 1.43 Å². The van der Waals surface area contributed by atoms with E-state index in [9.17, 15) is 0 Å². The van der Waals surface area contributed by atoms with Crippen molar-refractivity contribution in [2.24, 2.45) is 0 Å². The van der Waals surface area contributed by atoms with Gasteiger partial charge >= 0.3 is 1.43 Å². The molecule has 0 rings (SSSR count). The molecule has 56 valence electrons. The highest BCUT2D eigenvalue weighted by Gasteiger charge is 1.86. The summed E-state index contributed by atoms with van der Waals surface area (Å²) in [5.74, 6) is 0. The summed E-state index contributed by atoms with van der Waals surface area (Å²) in [6, 6.07) is 0. The van der Waals surface area contributed by atoms with Crippen LogP contribution in [-0.4, -0.2) is 11.7 Å². The smallest absolute Gasteiger partial charge is 0.396 e. The Morgan fingerprint density at radius 2 is 1.56 bits per heavy atom. The molecule has 0 bridgehead atoms. The van der Waals surface area contributed by atoms with E-state index in [1.54, 1.807) is 0 Å². The lowest BCUT2D eigenvalue weighted by Crippen LogP contribution is -1.82. The molecule has 1 heteroatoms. The van der Waals surface area contributed by atoms with Crippen LogP contribution in [0.1, 0.15) is 46.9 Å². The molecule has 0 aromatic heterocycles. The number of aliphatic hydroxyl groups is 1. The molecule has 0 unspecified atom stereocenters. The first-order valence-electron chi connectivity index (χ1n) is 4.02. The van der Waals surface area contributed by atoms with Crippen LogP contribution in [0.4, 0.5) is 0 Å². The summed E-state index contributed by atoms with van der Waals surface area (Å²) >= 11 is 0. The van der Waals surface area contributed by atoms with Gasteiger partial charge in [0.05, 0.1) is 0 Å². The Balaban J connectivity index is 0. The third kappa shape index (κ3) is 7.96. The van der Waals surface area contributed by atoms with Gasteiger partial charge in [-0.3, -0.25) is 0 Å². The maximum Gasteiger partial charge on any atom is 1.00 e. The lowest BCUT2D eigenvalue weighted by molar-refractivity contribution is 0.282. The van der Waals surface area contributed by atoms with Gasteiger partial charge in [0.1, 0.15) is 0 Å². The van der Waals surface area contributed by atoms with Crippen molar-refractivity contribution in [1.29, 1.82) is 0 Å². The fraction of sp³-hybridized carbons (Fsp3) is 1.00. The first-order valence-corrected chi connectivity index (χ1v) is 4.02. The van der Waals surface area contributed by atoms with E-state index in [1.165, 1.54) is 32.1 Å². The maximum absolute atomic E-state index is 8.42. The summed E-state index contributed by atoms with van der Waals surface area (Å²) in [6.45, 7) is 2.58. The van der Waals surface area contributed by atoms with Crippen molar-refractivity contribution >= 4 is 0 Å². The molecule has 9 heavy (non-hydrogen) atoms. The number of rotatable bonds is 6. The van der Waals surface area contributed by atoms with Gasteiger partial charge in [-0.2, -0.15) is 0 Å². The third-order valence-electron chi connectivity index (χ3n) is 1.51. The van der Waals surface area contributed by atoms with Crippen molar-refractivity contribution in [1.82, 2.24) is 0 Å². The van der Waals surface area contributed by atoms with Crippen LogP contribution in [0.2, 0.25) is 0 Å². The van der Waals surface area contributed by atoms with Gasteiger partial charge < -0.3 is 5.11 Å². The first-order chi connectivity index (χ1) is 4.41. The van der Waals surface area contributed by atoms with E-state index in [1.807, 2.05) is 0 Å². The summed E-state index contributed by atoms with van der Waals surface area (Å²) in [4.78, 5) is 0. The Labute approximate surface area is 59.6 Å². The molecule has 0 heterocycles. The molecule has 0 saturated carbocycles. The minimum Gasteiger partial charge on any atom is -0.396 e. The molecule has 0 aromatic carbocycles. The highest BCUT2D eigenvalue weighted by atomic mass is 16.2. The van der Waals surface area contributed by atoms with Gasteiger partial charge in [0, 0.05) is 6.61 Å². The Morgan fingerprint density at radius 1 is 1.00 bits per heavy atom. The molecular weight excluding hydrogens is 112 g/mol. The highest BCUT2D eigenvalue weighted by Crippen LogP contribution is 2.03. The van der Waals surface area contributed by atoms with Gasteiger partial charge in [-0.1, -0.05) is 39.0 Å². The Hall–Kier alpha value is -0.0400. The van der Waals surface area contributed by atoms with Crippen LogP contribution < -0.4 is 0 Å². The van der Waals surface area contributed by atoms with Gasteiger partial charge in [0.15, 0.2) is 0 Å². The second-order valence-electron chi connectivity index (χ2n) is 2.49. The lowest BCUT2D eigenvalue weighted by Gasteiger charge is -1.95. The van der Waals surface area contributed by atoms with Gasteiger partial charge in [0.25, 0.3) is 0 Å². The fourth-order valence-corrected chi connectivity index (χ4v) is 0.892. The van der Waals surface area contributed by atoms with Crippen molar-refractivity contribution in [2.75, 3.05) is 6.61 Å². The molecule has 0 radical (unpaired) electrons. The Kier molecular flexibility index (Phi) is 7.92. The van der Waals surface area contributed by atoms with Crippen LogP contribution in [0.5, 0.6) is 0 Å². The summed E-state index contributed by atoms with van der Waals surface area (Å²) in [6.07, 6.45) is 7.50. The Bertz CT molecular complexity index is 42.5. The van der Waals surface area contributed by atoms with Crippen LogP contribution in [0.3, 0.4) is 0 Å². The van der Waals surface area contributed by atoms with Crippen LogP contribution in [0.15, 0.2) is 0 Å². The Morgan fingerprint density at radius 3 is 2.11 bits per heavy atom. The number of aliphatic hydroxyl groups excluding tert-OH is 1. The second kappa shape index (κ2) is 7.96. The van der Waals surface area contributed by atoms with E-state index in [4.69, 9.17) is 5.11 Å². The van der Waals surface area contributed by atoms with Crippen LogP contribution in [-0.2, 0) is 0 Å². The SMILES string of the molecule is CCCCCCCCO.[H+]. The normalized spacial score (nSPS) is 10.0. The van der Waals surface area contributed by atoms with E-state index >= 15 is 0 Å². The van der Waals surface area contributed by atoms with E-state index in [2.05, 4.69) is 6.92 Å². The molecule has 0 aliphatic rings. The fourth-order valence-electron chi connectivity index (χ4n) is 0.892. The molecule has 0 amide bonds. The number of hydrogen-bond acceptors (Lipinski definition) is 1. The predicted molar refractivity (Wildman–Crippen MR) is 41.6 cm³/mol. The van der Waals surface area contributed by atoms with Crippen molar-refractivity contribution in [3.8, 4) is 0 Å². The average molecular weight is 131 g/mol. The standard InChI is InChI=1S/C8H18O/c1-2-3-4-5-6-7-8-9/h9H,2-8H2,1H3/p+1. The quantitative estimate of drug-likeness (QED) is 0.549. The molecule has 0 spiro atoms. The topological polar surface area (TPSA) is 20.2 Å². The third-order valence-corrected chi connectivity index (χ3v) is 1.51. The summed E-state index contributed by atoms with van der Waals surface area (Å²) in [5.41, 5.74) is 0. The van der Waals surface area contributed by atoms with Crippen molar-refractivity contribution in [3.05, 3.63) is 0 Å². The molecular formula is C8H19O+. The van der Waals surface area contributed by atoms with Crippen molar-refractivity contribution in [2.45, 2.75) is 45.4 Å². The van der Waals surface area contributed by atoms with Gasteiger partial charge in [-0.25, -0.2) is 0 Å². The molecule has 0 atom stereocenters. The highest BCUT2D eigenvalue weighted by molar-refractivity contribution is 4.41. The lowest BCUT2D eigenvalue weighted by atomic mass is 10.1. The number of hydrogen-bond donors (Lipinski definition) is 1. The van der Waals surface area contributed by atoms with Crippen LogP contribution in [0, 0.1) is 0 Å². The van der Waals surface area contributed by atoms with E-state index in [0.717, 1.165) is 6.42 Å². The van der Waals surface area contributed by atoms with E-state index in [0.29, 0.717) is 6.61 Å². The minimum absolute atomic E-state index is 0. The molecule has 0 saturated heterocycles. The molecule has 0 fully saturated rings. The second-order valence-corrected chi connectivity index (χ2v) is 2.49. The zero-order valence-electron chi connectivity index (χ0n) is 7.40. The van der Waals surface area contributed by atoms with Gasteiger partial charge in [0.2, 0.25) is 0 Å². The maximum atomic E-state index is 8.42. The van der Waals surface area contributed by atoms with Crippen LogP contribution in [0.25, 0.3) is 0 Å². The number of unbranched alkanes of at least 4 members (excludes halogenated alkanes) is 5. The summed E-state index contributed by atoms with van der Waals surface area (Å²) < 4.78 is 0. The molecule has 1 N–H and O–H groups in total. The summed E-state index contributed by atoms with van der Waals surface area (Å²) in [5, 5.41) is 8.42. The zero-order valence-corrected chi connectivity index (χ0v) is 6.40. The average Bonchev–Trinajstić information content (AvgIpc) is 1.89. The molecule has 0 aromatic rings. The summed E-state index contributed by atoms with van der Waals surface area (Å²) in [7, 11) is 0. The largest absolute Gasteiger partial charge is 1.00 e. The van der Waals surface area contributed by atoms with E-state index < -0.39 is 0 Å². The minimum atomic E-state index is 0. The molecule has 1 nitrogen and oxygen atoms in total. The predicted octanol–water partition coefficient (Wildman–Crippen LogP) is 2.45. The van der Waals surface area contributed by atoms with Crippen molar-refractivity contribution in [3.63, 3.8) is 0 Å². The monoisotopic (exact) mass is 131 g/mol. The molecule has 0 aliphatic carbocycles. The van der Waals surface area contributed by atoms with Gasteiger partial charge in [-0.05, 0) is 6.42 Å². The zero-order chi connectivity index (χ0) is 6.95. The molecule has 0 aliphatic heterocycles. The van der Waals surface area contributed by atoms with Crippen molar-refractivity contribution < 1.29 is 6.53 Å². The van der Waals surface area contributed by atoms with Crippen LogP contribution >= 0.6 is 0 Å². The van der Waals surface area contributed by atoms with Gasteiger partial charge in [-0.15, -0.1) is 0 Å². The first kappa shape index (κ1) is 8.96.